The van der Waals surface area contributed by atoms with E-state index < -0.39 is 0 Å². The first kappa shape index (κ1) is 15.8. The van der Waals surface area contributed by atoms with Crippen molar-refractivity contribution in [3.05, 3.63) is 30.1 Å². The Morgan fingerprint density at radius 2 is 2.19 bits per heavy atom. The molecule has 2 unspecified atom stereocenters. The summed E-state index contributed by atoms with van der Waals surface area (Å²) in [5, 5.41) is 9.53. The monoisotopic (exact) mass is 295 g/mol. The molecule has 0 radical (unpaired) electrons. The van der Waals surface area contributed by atoms with E-state index in [-0.39, 0.29) is 23.7 Å². The Morgan fingerprint density at radius 3 is 2.81 bits per heavy atom. The van der Waals surface area contributed by atoms with Crippen molar-refractivity contribution < 1.29 is 19.0 Å². The van der Waals surface area contributed by atoms with Gasteiger partial charge in [-0.25, -0.2) is 4.39 Å². The lowest BCUT2D eigenvalue weighted by Gasteiger charge is -2.17. The molecule has 1 N–H and O–H groups in total. The van der Waals surface area contributed by atoms with Gasteiger partial charge in [0.1, 0.15) is 11.6 Å². The highest BCUT2D eigenvalue weighted by atomic mass is 19.1. The average Bonchev–Trinajstić information content (AvgIpc) is 2.95. The molecule has 0 aromatic heterocycles. The molecule has 1 aliphatic heterocycles. The summed E-state index contributed by atoms with van der Waals surface area (Å²) in [6, 6.07) is 5.84. The van der Waals surface area contributed by atoms with Crippen molar-refractivity contribution in [1.29, 1.82) is 0 Å². The van der Waals surface area contributed by atoms with Crippen molar-refractivity contribution in [2.75, 3.05) is 19.7 Å². The number of aliphatic hydroxyl groups excluding tert-OH is 1. The number of rotatable bonds is 6. The van der Waals surface area contributed by atoms with Gasteiger partial charge in [-0.05, 0) is 44.0 Å². The summed E-state index contributed by atoms with van der Waals surface area (Å²) in [4.78, 5) is 13.8. The van der Waals surface area contributed by atoms with Crippen LogP contribution in [0.2, 0.25) is 0 Å². The number of carbonyl (C=O) groups is 1. The maximum atomic E-state index is 12.7. The Morgan fingerprint density at radius 1 is 1.48 bits per heavy atom. The lowest BCUT2D eigenvalue weighted by atomic mass is 10.0. The van der Waals surface area contributed by atoms with E-state index in [4.69, 9.17) is 4.74 Å². The molecule has 0 aliphatic carbocycles. The molecule has 4 nitrogen and oxygen atoms in total. The van der Waals surface area contributed by atoms with Gasteiger partial charge in [0.05, 0.1) is 12.7 Å². The minimum atomic E-state index is -0.357. The predicted octanol–water partition coefficient (Wildman–Crippen LogP) is 2.21. The van der Waals surface area contributed by atoms with Crippen molar-refractivity contribution in [3.8, 4) is 5.75 Å². The number of aliphatic hydroxyl groups is 1. The first-order valence-electron chi connectivity index (χ1n) is 7.40. The largest absolute Gasteiger partial charge is 0.494 e. The van der Waals surface area contributed by atoms with Gasteiger partial charge in [-0.15, -0.1) is 0 Å². The summed E-state index contributed by atoms with van der Waals surface area (Å²) in [7, 11) is 0. The second-order valence-electron chi connectivity index (χ2n) is 5.54. The molecule has 1 aromatic rings. The van der Waals surface area contributed by atoms with Gasteiger partial charge in [-0.2, -0.15) is 0 Å². The molecule has 0 saturated carbocycles. The van der Waals surface area contributed by atoms with Gasteiger partial charge in [-0.3, -0.25) is 4.79 Å². The van der Waals surface area contributed by atoms with Crippen LogP contribution in [0.5, 0.6) is 5.75 Å². The van der Waals surface area contributed by atoms with Gasteiger partial charge in [0.2, 0.25) is 5.91 Å². The Bertz CT molecular complexity index is 461. The van der Waals surface area contributed by atoms with Gasteiger partial charge in [0.15, 0.2) is 0 Å². The second-order valence-corrected chi connectivity index (χ2v) is 5.54. The smallest absolute Gasteiger partial charge is 0.222 e. The predicted molar refractivity (Wildman–Crippen MR) is 77.5 cm³/mol. The lowest BCUT2D eigenvalue weighted by Crippen LogP contribution is -2.30. The summed E-state index contributed by atoms with van der Waals surface area (Å²) in [5.41, 5.74) is 0. The zero-order valence-electron chi connectivity index (χ0n) is 12.3. The topological polar surface area (TPSA) is 49.8 Å². The highest BCUT2D eigenvalue weighted by molar-refractivity contribution is 5.76. The third-order valence-electron chi connectivity index (χ3n) is 3.88. The molecule has 2 rings (SSSR count). The van der Waals surface area contributed by atoms with E-state index in [1.54, 1.807) is 19.1 Å². The van der Waals surface area contributed by atoms with E-state index in [1.807, 2.05) is 4.90 Å². The summed E-state index contributed by atoms with van der Waals surface area (Å²) in [6.07, 6.45) is 1.58. The standard InChI is InChI=1S/C16H22FNO3/c1-12(19)13-8-9-18(11-13)16(20)3-2-10-21-15-6-4-14(17)5-7-15/h4-7,12-13,19H,2-3,8-11H2,1H3. The lowest BCUT2D eigenvalue weighted by molar-refractivity contribution is -0.130. The fraction of sp³-hybridized carbons (Fsp3) is 0.562. The number of benzene rings is 1. The van der Waals surface area contributed by atoms with E-state index in [1.165, 1.54) is 12.1 Å². The van der Waals surface area contributed by atoms with Crippen LogP contribution < -0.4 is 4.74 Å². The fourth-order valence-electron chi connectivity index (χ4n) is 2.51. The number of likely N-dealkylation sites (tertiary alicyclic amines) is 1. The maximum Gasteiger partial charge on any atom is 0.222 e. The van der Waals surface area contributed by atoms with Crippen LogP contribution in [0.1, 0.15) is 26.2 Å². The molecule has 1 heterocycles. The SMILES string of the molecule is CC(O)C1CCN(C(=O)CCCOc2ccc(F)cc2)C1. The Balaban J connectivity index is 1.64. The van der Waals surface area contributed by atoms with Crippen LogP contribution in [0, 0.1) is 11.7 Å². The van der Waals surface area contributed by atoms with Gasteiger partial charge >= 0.3 is 0 Å². The van der Waals surface area contributed by atoms with Gasteiger partial charge in [0, 0.05) is 25.4 Å². The van der Waals surface area contributed by atoms with Crippen LogP contribution in [0.15, 0.2) is 24.3 Å². The van der Waals surface area contributed by atoms with Crippen molar-refractivity contribution in [3.63, 3.8) is 0 Å². The molecule has 1 fully saturated rings. The molecule has 1 aromatic carbocycles. The van der Waals surface area contributed by atoms with Crippen LogP contribution in [0.4, 0.5) is 4.39 Å². The first-order chi connectivity index (χ1) is 10.1. The minimum Gasteiger partial charge on any atom is -0.494 e. The number of amides is 1. The van der Waals surface area contributed by atoms with Gasteiger partial charge < -0.3 is 14.7 Å². The first-order valence-corrected chi connectivity index (χ1v) is 7.40. The number of ether oxygens (including phenoxy) is 1. The Kier molecular flexibility index (Phi) is 5.56. The van der Waals surface area contributed by atoms with E-state index in [0.29, 0.717) is 31.7 Å². The molecule has 1 aliphatic rings. The van der Waals surface area contributed by atoms with Crippen molar-refractivity contribution in [2.24, 2.45) is 5.92 Å². The maximum absolute atomic E-state index is 12.7. The summed E-state index contributed by atoms with van der Waals surface area (Å²) < 4.78 is 18.2. The highest BCUT2D eigenvalue weighted by Crippen LogP contribution is 2.20. The zero-order valence-corrected chi connectivity index (χ0v) is 12.3. The zero-order chi connectivity index (χ0) is 15.2. The summed E-state index contributed by atoms with van der Waals surface area (Å²) in [6.45, 7) is 3.59. The van der Waals surface area contributed by atoms with Crippen molar-refractivity contribution in [2.45, 2.75) is 32.3 Å². The number of carbonyl (C=O) groups excluding carboxylic acids is 1. The number of hydrogen-bond acceptors (Lipinski definition) is 3. The normalized spacial score (nSPS) is 19.6. The number of nitrogens with zero attached hydrogens (tertiary/aromatic N) is 1. The molecule has 1 saturated heterocycles. The minimum absolute atomic E-state index is 0.112. The van der Waals surface area contributed by atoms with Gasteiger partial charge in [0.25, 0.3) is 0 Å². The molecule has 5 heteroatoms. The third kappa shape index (κ3) is 4.70. The van der Waals surface area contributed by atoms with Crippen LogP contribution in [0.3, 0.4) is 0 Å². The molecule has 21 heavy (non-hydrogen) atoms. The fourth-order valence-corrected chi connectivity index (χ4v) is 2.51. The van der Waals surface area contributed by atoms with Crippen LogP contribution in [-0.2, 0) is 4.79 Å². The summed E-state index contributed by atoms with van der Waals surface area (Å²) >= 11 is 0. The van der Waals surface area contributed by atoms with E-state index in [2.05, 4.69) is 0 Å². The van der Waals surface area contributed by atoms with E-state index >= 15 is 0 Å². The molecule has 0 bridgehead atoms. The quantitative estimate of drug-likeness (QED) is 0.819. The number of hydrogen-bond donors (Lipinski definition) is 1. The van der Waals surface area contributed by atoms with E-state index in [9.17, 15) is 14.3 Å². The van der Waals surface area contributed by atoms with Crippen LogP contribution in [0.25, 0.3) is 0 Å². The molecular weight excluding hydrogens is 273 g/mol. The molecular formula is C16H22FNO3. The molecule has 0 spiro atoms. The van der Waals surface area contributed by atoms with Crippen molar-refractivity contribution in [1.82, 2.24) is 4.90 Å². The highest BCUT2D eigenvalue weighted by Gasteiger charge is 2.28. The van der Waals surface area contributed by atoms with Crippen LogP contribution >= 0.6 is 0 Å². The number of halogens is 1. The molecule has 1 amide bonds. The Labute approximate surface area is 124 Å². The van der Waals surface area contributed by atoms with Crippen molar-refractivity contribution >= 4 is 5.91 Å². The Hall–Kier alpha value is -1.62. The summed E-state index contributed by atoms with van der Waals surface area (Å²) in [5.74, 6) is 0.628. The van der Waals surface area contributed by atoms with E-state index in [0.717, 1.165) is 13.0 Å². The van der Waals surface area contributed by atoms with Crippen LogP contribution in [-0.4, -0.2) is 41.7 Å². The van der Waals surface area contributed by atoms with Gasteiger partial charge in [-0.1, -0.05) is 0 Å². The molecule has 116 valence electrons. The third-order valence-corrected chi connectivity index (χ3v) is 3.88. The second kappa shape index (κ2) is 7.41. The molecule has 2 atom stereocenters. The average molecular weight is 295 g/mol.